The highest BCUT2D eigenvalue weighted by Crippen LogP contribution is 2.20. The Balaban J connectivity index is 0.000000299. The Kier molecular flexibility index (Phi) is 7.30. The third-order valence-corrected chi connectivity index (χ3v) is 4.32. The van der Waals surface area contributed by atoms with Gasteiger partial charge in [-0.25, -0.2) is 0 Å². The maximum Gasteiger partial charge on any atom is 0.0587 e. The molecule has 4 nitrogen and oxygen atoms in total. The smallest absolute Gasteiger partial charge is 0.0587 e. The van der Waals surface area contributed by atoms with Crippen LogP contribution in [0.15, 0.2) is 18.2 Å². The molecule has 1 atom stereocenters. The van der Waals surface area contributed by atoms with E-state index < -0.39 is 0 Å². The van der Waals surface area contributed by atoms with Crippen molar-refractivity contribution in [3.63, 3.8) is 0 Å². The van der Waals surface area contributed by atoms with Crippen LogP contribution in [0.4, 0.5) is 0 Å². The van der Waals surface area contributed by atoms with Crippen LogP contribution in [-0.4, -0.2) is 47.4 Å². The Morgan fingerprint density at radius 1 is 1.27 bits per heavy atom. The predicted molar refractivity (Wildman–Crippen MR) is 88.9 cm³/mol. The lowest BCUT2D eigenvalue weighted by Gasteiger charge is -2.22. The monoisotopic (exact) mass is 306 g/mol. The lowest BCUT2D eigenvalue weighted by Crippen LogP contribution is -2.31. The zero-order valence-corrected chi connectivity index (χ0v) is 14.0. The van der Waals surface area contributed by atoms with Crippen LogP contribution in [0.25, 0.3) is 0 Å². The molecule has 0 radical (unpaired) electrons. The largest absolute Gasteiger partial charge is 0.395 e. The van der Waals surface area contributed by atoms with Crippen LogP contribution in [0.5, 0.6) is 0 Å². The van der Waals surface area contributed by atoms with E-state index in [9.17, 15) is 5.11 Å². The van der Waals surface area contributed by atoms with Gasteiger partial charge in [0.1, 0.15) is 0 Å². The maximum atomic E-state index is 9.30. The summed E-state index contributed by atoms with van der Waals surface area (Å²) < 4.78 is 4.94. The van der Waals surface area contributed by atoms with Crippen LogP contribution < -0.4 is 0 Å². The van der Waals surface area contributed by atoms with Gasteiger partial charge in [0.15, 0.2) is 0 Å². The van der Waals surface area contributed by atoms with Gasteiger partial charge in [0, 0.05) is 31.5 Å². The fourth-order valence-electron chi connectivity index (χ4n) is 2.94. The zero-order chi connectivity index (χ0) is 15.8. The van der Waals surface area contributed by atoms with E-state index in [4.69, 9.17) is 4.74 Å². The summed E-state index contributed by atoms with van der Waals surface area (Å²) in [6, 6.07) is 6.58. The van der Waals surface area contributed by atoms with E-state index >= 15 is 0 Å². The molecule has 1 unspecified atom stereocenters. The molecular weight excluding hydrogens is 276 g/mol. The summed E-state index contributed by atoms with van der Waals surface area (Å²) in [6.07, 6.45) is 4.86. The van der Waals surface area contributed by atoms with Crippen molar-refractivity contribution in [3.05, 3.63) is 29.6 Å². The summed E-state index contributed by atoms with van der Waals surface area (Å²) in [6.45, 7) is 8.55. The van der Waals surface area contributed by atoms with E-state index in [0.717, 1.165) is 44.1 Å². The second kappa shape index (κ2) is 9.23. The average molecular weight is 306 g/mol. The number of aromatic nitrogens is 1. The van der Waals surface area contributed by atoms with Gasteiger partial charge in [0.2, 0.25) is 0 Å². The quantitative estimate of drug-likeness (QED) is 0.929. The molecule has 0 aliphatic carbocycles. The van der Waals surface area contributed by atoms with Crippen LogP contribution in [0, 0.1) is 0 Å². The summed E-state index contributed by atoms with van der Waals surface area (Å²) >= 11 is 0. The molecule has 0 aromatic carbocycles. The maximum absolute atomic E-state index is 9.30. The SMILES string of the molecule is C1CCOC1.CC(C)c1cccc(CN2CCCC2CO)n1. The number of rotatable bonds is 4. The molecule has 3 rings (SSSR count). The topological polar surface area (TPSA) is 45.6 Å². The van der Waals surface area contributed by atoms with Crippen molar-refractivity contribution in [1.82, 2.24) is 9.88 Å². The average Bonchev–Trinajstić information content (AvgIpc) is 3.22. The number of nitrogens with zero attached hydrogens (tertiary/aromatic N) is 2. The molecule has 1 aromatic rings. The molecule has 2 aliphatic heterocycles. The number of likely N-dealkylation sites (tertiary alicyclic amines) is 1. The Morgan fingerprint density at radius 2 is 2.05 bits per heavy atom. The summed E-state index contributed by atoms with van der Waals surface area (Å²) in [5.74, 6) is 0.474. The first kappa shape index (κ1) is 17.4. The number of aliphatic hydroxyl groups is 1. The Hall–Kier alpha value is -0.970. The molecule has 124 valence electrons. The summed E-state index contributed by atoms with van der Waals surface area (Å²) in [5, 5.41) is 9.30. The third-order valence-electron chi connectivity index (χ3n) is 4.32. The first-order valence-electron chi connectivity index (χ1n) is 8.59. The van der Waals surface area contributed by atoms with E-state index in [1.54, 1.807) is 0 Å². The van der Waals surface area contributed by atoms with Crippen molar-refractivity contribution in [2.75, 3.05) is 26.4 Å². The van der Waals surface area contributed by atoms with Crippen LogP contribution in [0.3, 0.4) is 0 Å². The van der Waals surface area contributed by atoms with Crippen LogP contribution in [0.2, 0.25) is 0 Å². The summed E-state index contributed by atoms with van der Waals surface area (Å²) in [4.78, 5) is 7.02. The fraction of sp³-hybridized carbons (Fsp3) is 0.722. The minimum atomic E-state index is 0.268. The van der Waals surface area contributed by atoms with E-state index in [1.165, 1.54) is 19.3 Å². The third kappa shape index (κ3) is 5.34. The number of pyridine rings is 1. The van der Waals surface area contributed by atoms with Gasteiger partial charge in [-0.15, -0.1) is 0 Å². The predicted octanol–water partition coefficient (Wildman–Crippen LogP) is 2.96. The molecule has 3 heterocycles. The van der Waals surface area contributed by atoms with Gasteiger partial charge in [-0.3, -0.25) is 9.88 Å². The number of hydrogen-bond acceptors (Lipinski definition) is 4. The van der Waals surface area contributed by atoms with Gasteiger partial charge in [-0.05, 0) is 50.3 Å². The van der Waals surface area contributed by atoms with Crippen LogP contribution in [-0.2, 0) is 11.3 Å². The van der Waals surface area contributed by atoms with Crippen molar-refractivity contribution < 1.29 is 9.84 Å². The lowest BCUT2D eigenvalue weighted by atomic mass is 10.1. The van der Waals surface area contributed by atoms with E-state index in [1.807, 2.05) is 0 Å². The molecule has 1 aromatic heterocycles. The second-order valence-electron chi connectivity index (χ2n) is 6.48. The number of hydrogen-bond donors (Lipinski definition) is 1. The van der Waals surface area contributed by atoms with Crippen LogP contribution >= 0.6 is 0 Å². The van der Waals surface area contributed by atoms with Crippen molar-refractivity contribution in [2.45, 2.75) is 58.0 Å². The van der Waals surface area contributed by atoms with E-state index in [-0.39, 0.29) is 6.61 Å². The minimum absolute atomic E-state index is 0.268. The van der Waals surface area contributed by atoms with Gasteiger partial charge < -0.3 is 9.84 Å². The van der Waals surface area contributed by atoms with E-state index in [2.05, 4.69) is 41.9 Å². The van der Waals surface area contributed by atoms with Crippen molar-refractivity contribution in [2.24, 2.45) is 0 Å². The minimum Gasteiger partial charge on any atom is -0.395 e. The Bertz CT molecular complexity index is 425. The van der Waals surface area contributed by atoms with E-state index in [0.29, 0.717) is 12.0 Å². The van der Waals surface area contributed by atoms with Crippen molar-refractivity contribution in [3.8, 4) is 0 Å². The van der Waals surface area contributed by atoms with Crippen LogP contribution in [0.1, 0.15) is 56.8 Å². The van der Waals surface area contributed by atoms with Gasteiger partial charge in [-0.1, -0.05) is 19.9 Å². The Morgan fingerprint density at radius 3 is 2.64 bits per heavy atom. The Labute approximate surface area is 134 Å². The first-order valence-corrected chi connectivity index (χ1v) is 8.59. The number of aliphatic hydroxyl groups excluding tert-OH is 1. The highest BCUT2D eigenvalue weighted by atomic mass is 16.5. The second-order valence-corrected chi connectivity index (χ2v) is 6.48. The van der Waals surface area contributed by atoms with Gasteiger partial charge in [0.25, 0.3) is 0 Å². The normalized spacial score (nSPS) is 21.9. The standard InChI is InChI=1S/C14H22N2O.C4H8O/c1-11(2)14-7-3-5-12(15-14)9-16-8-4-6-13(16)10-17;1-2-4-5-3-1/h3,5,7,11,13,17H,4,6,8-10H2,1-2H3;1-4H2. The fourth-order valence-corrected chi connectivity index (χ4v) is 2.94. The molecule has 0 amide bonds. The summed E-state index contributed by atoms with van der Waals surface area (Å²) in [5.41, 5.74) is 2.28. The van der Waals surface area contributed by atoms with Gasteiger partial charge in [-0.2, -0.15) is 0 Å². The van der Waals surface area contributed by atoms with Crippen molar-refractivity contribution in [1.29, 1.82) is 0 Å². The van der Waals surface area contributed by atoms with Gasteiger partial charge >= 0.3 is 0 Å². The molecule has 2 aliphatic rings. The van der Waals surface area contributed by atoms with Gasteiger partial charge in [0.05, 0.1) is 12.3 Å². The summed E-state index contributed by atoms with van der Waals surface area (Å²) in [7, 11) is 0. The molecule has 0 spiro atoms. The first-order chi connectivity index (χ1) is 10.7. The molecule has 2 fully saturated rings. The molecule has 22 heavy (non-hydrogen) atoms. The number of ether oxygens (including phenoxy) is 1. The molecule has 4 heteroatoms. The molecule has 0 saturated carbocycles. The molecule has 2 saturated heterocycles. The molecular formula is C18H30N2O2. The lowest BCUT2D eigenvalue weighted by molar-refractivity contribution is 0.152. The zero-order valence-electron chi connectivity index (χ0n) is 14.0. The highest BCUT2D eigenvalue weighted by Gasteiger charge is 2.23. The molecule has 1 N–H and O–H groups in total. The highest BCUT2D eigenvalue weighted by molar-refractivity contribution is 5.14. The molecule has 0 bridgehead atoms. The van der Waals surface area contributed by atoms with Crippen molar-refractivity contribution >= 4 is 0 Å².